The lowest BCUT2D eigenvalue weighted by molar-refractivity contribution is 0.262. The Labute approximate surface area is 249 Å². The van der Waals surface area contributed by atoms with Crippen LogP contribution in [0.1, 0.15) is 58.2 Å². The molecule has 0 spiro atoms. The normalized spacial score (nSPS) is 13.8. The van der Waals surface area contributed by atoms with Gasteiger partial charge in [0.1, 0.15) is 11.5 Å². The number of nitrogens with zero attached hydrogens (tertiary/aromatic N) is 6. The summed E-state index contributed by atoms with van der Waals surface area (Å²) < 4.78 is 3.51. The summed E-state index contributed by atoms with van der Waals surface area (Å²) in [5, 5.41) is 14.4. The number of carbonyl (C=O) groups excluding carboxylic acids is 1. The van der Waals surface area contributed by atoms with E-state index in [1.165, 1.54) is 0 Å². The number of rotatable bonds is 6. The summed E-state index contributed by atoms with van der Waals surface area (Å²) >= 11 is 0. The van der Waals surface area contributed by atoms with Gasteiger partial charge in [-0.2, -0.15) is 10.1 Å². The number of nitrogens with one attached hydrogen (secondary N) is 3. The Bertz CT molecular complexity index is 1850. The van der Waals surface area contributed by atoms with Crippen molar-refractivity contribution in [3.05, 3.63) is 83.2 Å². The molecule has 5 aromatic rings. The van der Waals surface area contributed by atoms with Crippen LogP contribution in [0.15, 0.2) is 71.9 Å². The molecule has 0 aliphatic heterocycles. The van der Waals surface area contributed by atoms with Crippen LogP contribution in [0, 0.1) is 0 Å². The third kappa shape index (κ3) is 5.70. The summed E-state index contributed by atoms with van der Waals surface area (Å²) in [5.74, 6) is 0.990. The summed E-state index contributed by atoms with van der Waals surface area (Å²) in [6.45, 7) is 6.20. The number of aromatic nitrogens is 6. The fourth-order valence-electron chi connectivity index (χ4n) is 5.50. The van der Waals surface area contributed by atoms with Crippen molar-refractivity contribution in [3.8, 4) is 16.8 Å². The van der Waals surface area contributed by atoms with Crippen LogP contribution >= 0.6 is 0 Å². The highest BCUT2D eigenvalue weighted by atomic mass is 16.2. The molecule has 11 heteroatoms. The third-order valence-electron chi connectivity index (χ3n) is 7.73. The van der Waals surface area contributed by atoms with Gasteiger partial charge in [0.05, 0.1) is 17.6 Å². The van der Waals surface area contributed by atoms with E-state index in [1.807, 2.05) is 47.0 Å². The van der Waals surface area contributed by atoms with Crippen LogP contribution in [-0.4, -0.2) is 42.4 Å². The number of carbonyl (C=O) groups is 1. The molecule has 4 heterocycles. The summed E-state index contributed by atoms with van der Waals surface area (Å²) in [6, 6.07) is 14.4. The molecule has 220 valence electrons. The molecule has 0 unspecified atom stereocenters. The third-order valence-corrected chi connectivity index (χ3v) is 7.73. The van der Waals surface area contributed by atoms with E-state index >= 15 is 0 Å². The van der Waals surface area contributed by atoms with E-state index in [9.17, 15) is 9.59 Å². The molecule has 0 saturated heterocycles. The minimum absolute atomic E-state index is 0.0873. The molecule has 0 bridgehead atoms. The van der Waals surface area contributed by atoms with Crippen molar-refractivity contribution in [2.24, 2.45) is 0 Å². The second-order valence-electron chi connectivity index (χ2n) is 11.8. The predicted molar refractivity (Wildman–Crippen MR) is 169 cm³/mol. The number of benzene rings is 1. The molecule has 1 aliphatic rings. The molecule has 0 atom stereocenters. The van der Waals surface area contributed by atoms with Gasteiger partial charge in [-0.3, -0.25) is 19.7 Å². The largest absolute Gasteiger partial charge is 0.357 e. The quantitative estimate of drug-likeness (QED) is 0.221. The van der Waals surface area contributed by atoms with Gasteiger partial charge in [-0.15, -0.1) is 0 Å². The first-order valence-electron chi connectivity index (χ1n) is 14.5. The van der Waals surface area contributed by atoms with Gasteiger partial charge < -0.3 is 10.6 Å². The van der Waals surface area contributed by atoms with E-state index in [0.29, 0.717) is 34.2 Å². The molecule has 43 heavy (non-hydrogen) atoms. The Morgan fingerprint density at radius 2 is 1.81 bits per heavy atom. The Kier molecular flexibility index (Phi) is 7.39. The monoisotopic (exact) mass is 577 g/mol. The minimum Gasteiger partial charge on any atom is -0.357 e. The Morgan fingerprint density at radius 3 is 2.53 bits per heavy atom. The van der Waals surface area contributed by atoms with Gasteiger partial charge in [-0.25, -0.2) is 14.5 Å². The first kappa shape index (κ1) is 28.1. The lowest BCUT2D eigenvalue weighted by Crippen LogP contribution is -2.26. The number of hydrogen-bond acceptors (Lipinski definition) is 7. The molecule has 6 rings (SSSR count). The van der Waals surface area contributed by atoms with E-state index in [0.717, 1.165) is 42.5 Å². The van der Waals surface area contributed by atoms with Gasteiger partial charge in [0.15, 0.2) is 0 Å². The summed E-state index contributed by atoms with van der Waals surface area (Å²) in [4.78, 5) is 40.4. The molecule has 1 aromatic carbocycles. The number of pyridine rings is 2. The number of urea groups is 1. The van der Waals surface area contributed by atoms with Crippen molar-refractivity contribution in [1.82, 2.24) is 29.3 Å². The van der Waals surface area contributed by atoms with E-state index in [4.69, 9.17) is 5.10 Å². The second-order valence-corrected chi connectivity index (χ2v) is 11.8. The van der Waals surface area contributed by atoms with Crippen LogP contribution in [0.3, 0.4) is 0 Å². The van der Waals surface area contributed by atoms with Crippen LogP contribution < -0.4 is 21.5 Å². The first-order chi connectivity index (χ1) is 20.7. The van der Waals surface area contributed by atoms with Crippen molar-refractivity contribution in [3.63, 3.8) is 0 Å². The number of hydrogen-bond donors (Lipinski definition) is 3. The Morgan fingerprint density at radius 1 is 1.00 bits per heavy atom. The lowest BCUT2D eigenvalue weighted by atomic mass is 9.92. The summed E-state index contributed by atoms with van der Waals surface area (Å²) in [6.07, 6.45) is 9.16. The molecule has 1 fully saturated rings. The van der Waals surface area contributed by atoms with Crippen molar-refractivity contribution >= 4 is 34.5 Å². The molecule has 4 aromatic heterocycles. The van der Waals surface area contributed by atoms with Crippen LogP contribution in [0.4, 0.5) is 22.2 Å². The summed E-state index contributed by atoms with van der Waals surface area (Å²) in [7, 11) is 1.76. The van der Waals surface area contributed by atoms with E-state index in [2.05, 4.69) is 51.7 Å². The molecule has 11 nitrogen and oxygen atoms in total. The highest BCUT2D eigenvalue weighted by Gasteiger charge is 2.24. The summed E-state index contributed by atoms with van der Waals surface area (Å²) in [5.41, 5.74) is 3.65. The first-order valence-corrected chi connectivity index (χ1v) is 14.5. The van der Waals surface area contributed by atoms with Gasteiger partial charge in [-0.1, -0.05) is 45.7 Å². The van der Waals surface area contributed by atoms with Crippen molar-refractivity contribution < 1.29 is 4.79 Å². The molecule has 1 saturated carbocycles. The second kappa shape index (κ2) is 11.3. The van der Waals surface area contributed by atoms with Crippen LogP contribution in [0.5, 0.6) is 0 Å². The van der Waals surface area contributed by atoms with E-state index in [-0.39, 0.29) is 17.0 Å². The molecule has 0 radical (unpaired) electrons. The van der Waals surface area contributed by atoms with Crippen LogP contribution in [0.25, 0.3) is 27.8 Å². The van der Waals surface area contributed by atoms with Gasteiger partial charge in [0.2, 0.25) is 5.95 Å². The fraction of sp³-hybridized carbons (Fsp3) is 0.312. The maximum absolute atomic E-state index is 14.0. The van der Waals surface area contributed by atoms with Gasteiger partial charge in [0, 0.05) is 53.6 Å². The number of amides is 2. The van der Waals surface area contributed by atoms with Crippen molar-refractivity contribution in [1.29, 1.82) is 0 Å². The molecule has 2 amide bonds. The van der Waals surface area contributed by atoms with Gasteiger partial charge in [0.25, 0.3) is 5.56 Å². The zero-order valence-electron chi connectivity index (χ0n) is 24.8. The van der Waals surface area contributed by atoms with E-state index < -0.39 is 6.03 Å². The average Bonchev–Trinajstić information content (AvgIpc) is 3.68. The zero-order valence-corrected chi connectivity index (χ0v) is 24.8. The molecular formula is C32H35N9O2. The zero-order chi connectivity index (χ0) is 30.1. The SMILES string of the molecule is CNc1ncc2cc(-c3cccc(NC(=O)Nc4cc(C(C)(C)C)nn4-c4cccnc4)c3)c(=O)n(C3CCCC3)c2n1. The molecule has 1 aliphatic carbocycles. The predicted octanol–water partition coefficient (Wildman–Crippen LogP) is 6.14. The average molecular weight is 578 g/mol. The van der Waals surface area contributed by atoms with Gasteiger partial charge in [-0.05, 0) is 48.7 Å². The fourth-order valence-corrected chi connectivity index (χ4v) is 5.50. The van der Waals surface area contributed by atoms with Crippen molar-refractivity contribution in [2.75, 3.05) is 23.0 Å². The lowest BCUT2D eigenvalue weighted by Gasteiger charge is -2.18. The smallest absolute Gasteiger partial charge is 0.324 e. The van der Waals surface area contributed by atoms with Crippen LogP contribution in [-0.2, 0) is 5.41 Å². The maximum Gasteiger partial charge on any atom is 0.324 e. The molecular weight excluding hydrogens is 542 g/mol. The number of fused-ring (bicyclic) bond motifs is 1. The maximum atomic E-state index is 14.0. The topological polar surface area (TPSA) is 132 Å². The molecule has 3 N–H and O–H groups in total. The Balaban J connectivity index is 1.32. The van der Waals surface area contributed by atoms with Crippen molar-refractivity contribution in [2.45, 2.75) is 57.9 Å². The van der Waals surface area contributed by atoms with Crippen LogP contribution in [0.2, 0.25) is 0 Å². The Hall–Kier alpha value is -5.06. The number of anilines is 3. The minimum atomic E-state index is -0.433. The highest BCUT2D eigenvalue weighted by Crippen LogP contribution is 2.32. The highest BCUT2D eigenvalue weighted by molar-refractivity contribution is 6.00. The standard InChI is InChI=1S/C32H35N9O2/c1-32(2,3)26-17-27(41(39-26)24-13-8-14-34-19-24)37-31(43)36-22-10-7-9-20(15-22)25-16-21-18-35-30(33-4)38-28(21)40(29(25)42)23-11-5-6-12-23/h7-10,13-19,23H,5-6,11-12H2,1-4H3,(H,33,35,38)(H2,36,37,43). The van der Waals surface area contributed by atoms with Gasteiger partial charge >= 0.3 is 6.03 Å². The van der Waals surface area contributed by atoms with E-state index in [1.54, 1.807) is 36.4 Å².